The van der Waals surface area contributed by atoms with Gasteiger partial charge in [0.1, 0.15) is 11.5 Å². The van der Waals surface area contributed by atoms with Gasteiger partial charge in [0, 0.05) is 10.6 Å². The number of ether oxygens (including phenoxy) is 2. The van der Waals surface area contributed by atoms with E-state index in [0.29, 0.717) is 22.2 Å². The monoisotopic (exact) mass is 362 g/mol. The summed E-state index contributed by atoms with van der Waals surface area (Å²) in [5, 5.41) is 7.04. The van der Waals surface area contributed by atoms with Crippen molar-refractivity contribution >= 4 is 29.4 Å². The molecule has 2 aromatic rings. The van der Waals surface area contributed by atoms with Gasteiger partial charge in [-0.2, -0.15) is 0 Å². The first-order valence-corrected chi connectivity index (χ1v) is 7.89. The summed E-state index contributed by atoms with van der Waals surface area (Å²) >= 11 is 5.94. The number of anilines is 1. The number of carbonyl (C=O) groups excluding carboxylic acids is 1. The summed E-state index contributed by atoms with van der Waals surface area (Å²) in [5.41, 5.74) is 1.21. The lowest BCUT2D eigenvalue weighted by Crippen LogP contribution is -2.26. The SMILES string of the molecule is COc1ccccc1/C=N\O[C@H](C)C(=O)Nc1cc(Cl)ccc1OC. The maximum absolute atomic E-state index is 12.2. The lowest BCUT2D eigenvalue weighted by atomic mass is 10.2. The van der Waals surface area contributed by atoms with Gasteiger partial charge in [-0.25, -0.2) is 0 Å². The smallest absolute Gasteiger partial charge is 0.268 e. The van der Waals surface area contributed by atoms with Gasteiger partial charge >= 0.3 is 0 Å². The van der Waals surface area contributed by atoms with Crippen LogP contribution in [0, 0.1) is 0 Å². The van der Waals surface area contributed by atoms with Crippen LogP contribution >= 0.6 is 11.6 Å². The van der Waals surface area contributed by atoms with Gasteiger partial charge in [-0.1, -0.05) is 28.9 Å². The van der Waals surface area contributed by atoms with Gasteiger partial charge in [0.2, 0.25) is 6.10 Å². The van der Waals surface area contributed by atoms with E-state index in [1.54, 1.807) is 32.2 Å². The topological polar surface area (TPSA) is 69.2 Å². The average Bonchev–Trinajstić information content (AvgIpc) is 2.62. The van der Waals surface area contributed by atoms with E-state index in [4.69, 9.17) is 25.9 Å². The van der Waals surface area contributed by atoms with Crippen molar-refractivity contribution in [1.29, 1.82) is 0 Å². The van der Waals surface area contributed by atoms with E-state index in [0.717, 1.165) is 5.56 Å². The van der Waals surface area contributed by atoms with E-state index in [-0.39, 0.29) is 5.91 Å². The summed E-state index contributed by atoms with van der Waals surface area (Å²) in [7, 11) is 3.08. The Morgan fingerprint density at radius 1 is 1.16 bits per heavy atom. The molecule has 6 nitrogen and oxygen atoms in total. The van der Waals surface area contributed by atoms with Gasteiger partial charge < -0.3 is 19.6 Å². The molecular formula is C18H19ClN2O4. The molecule has 0 aromatic heterocycles. The second-order valence-electron chi connectivity index (χ2n) is 5.06. The van der Waals surface area contributed by atoms with E-state index in [1.807, 2.05) is 24.3 Å². The summed E-state index contributed by atoms with van der Waals surface area (Å²) in [4.78, 5) is 17.4. The quantitative estimate of drug-likeness (QED) is 0.601. The van der Waals surface area contributed by atoms with Crippen molar-refractivity contribution in [2.75, 3.05) is 19.5 Å². The van der Waals surface area contributed by atoms with Gasteiger partial charge in [0.15, 0.2) is 0 Å². The van der Waals surface area contributed by atoms with Crippen LogP contribution in [0.1, 0.15) is 12.5 Å². The fraction of sp³-hybridized carbons (Fsp3) is 0.222. The van der Waals surface area contributed by atoms with Crippen molar-refractivity contribution in [3.63, 3.8) is 0 Å². The van der Waals surface area contributed by atoms with E-state index in [9.17, 15) is 4.79 Å². The molecule has 2 rings (SSSR count). The molecule has 1 amide bonds. The Morgan fingerprint density at radius 2 is 1.88 bits per heavy atom. The van der Waals surface area contributed by atoms with Gasteiger partial charge in [0.25, 0.3) is 5.91 Å². The van der Waals surface area contributed by atoms with Crippen LogP contribution in [-0.4, -0.2) is 32.4 Å². The molecule has 1 N–H and O–H groups in total. The zero-order valence-corrected chi connectivity index (χ0v) is 14.9. The standard InChI is InChI=1S/C18H19ClN2O4/c1-12(25-20-11-13-6-4-5-7-16(13)23-2)18(22)21-15-10-14(19)8-9-17(15)24-3/h4-12H,1-3H3,(H,21,22)/b20-11-/t12-/m1/s1. The molecule has 7 heteroatoms. The number of benzene rings is 2. The molecule has 0 spiro atoms. The fourth-order valence-electron chi connectivity index (χ4n) is 2.01. The van der Waals surface area contributed by atoms with Crippen molar-refractivity contribution in [3.8, 4) is 11.5 Å². The van der Waals surface area contributed by atoms with Crippen LogP contribution in [0.2, 0.25) is 5.02 Å². The zero-order chi connectivity index (χ0) is 18.2. The van der Waals surface area contributed by atoms with Crippen molar-refractivity contribution in [1.82, 2.24) is 0 Å². The molecule has 0 aliphatic carbocycles. The van der Waals surface area contributed by atoms with Gasteiger partial charge in [-0.3, -0.25) is 4.79 Å². The molecule has 25 heavy (non-hydrogen) atoms. The molecule has 0 unspecified atom stereocenters. The number of nitrogens with zero attached hydrogens (tertiary/aromatic N) is 1. The van der Waals surface area contributed by atoms with E-state index >= 15 is 0 Å². The van der Waals surface area contributed by atoms with Gasteiger partial charge in [-0.05, 0) is 37.3 Å². The number of rotatable bonds is 7. The molecule has 0 heterocycles. The van der Waals surface area contributed by atoms with E-state index < -0.39 is 6.10 Å². The predicted octanol–water partition coefficient (Wildman–Crippen LogP) is 3.73. The first-order valence-electron chi connectivity index (χ1n) is 7.51. The molecule has 0 fully saturated rings. The van der Waals surface area contributed by atoms with Crippen LogP contribution in [0.5, 0.6) is 11.5 Å². The molecule has 0 bridgehead atoms. The summed E-state index contributed by atoms with van der Waals surface area (Å²) in [6.45, 7) is 1.59. The minimum absolute atomic E-state index is 0.377. The predicted molar refractivity (Wildman–Crippen MR) is 97.8 cm³/mol. The summed E-state index contributed by atoms with van der Waals surface area (Å²) in [5.74, 6) is 0.788. The fourth-order valence-corrected chi connectivity index (χ4v) is 2.18. The van der Waals surface area contributed by atoms with E-state index in [1.165, 1.54) is 13.3 Å². The highest BCUT2D eigenvalue weighted by Crippen LogP contribution is 2.27. The van der Waals surface area contributed by atoms with Crippen molar-refractivity contribution in [2.45, 2.75) is 13.0 Å². The first-order chi connectivity index (χ1) is 12.0. The molecule has 0 saturated heterocycles. The molecule has 132 valence electrons. The molecule has 1 atom stereocenters. The second-order valence-corrected chi connectivity index (χ2v) is 5.49. The maximum Gasteiger partial charge on any atom is 0.268 e. The zero-order valence-electron chi connectivity index (χ0n) is 14.2. The Hall–Kier alpha value is -2.73. The number of methoxy groups -OCH3 is 2. The Bertz CT molecular complexity index is 764. The second kappa shape index (κ2) is 8.94. The Labute approximate surface area is 151 Å². The highest BCUT2D eigenvalue weighted by atomic mass is 35.5. The van der Waals surface area contributed by atoms with Crippen molar-refractivity contribution < 1.29 is 19.1 Å². The van der Waals surface area contributed by atoms with Crippen LogP contribution in [0.3, 0.4) is 0 Å². The molecule has 0 radical (unpaired) electrons. The van der Waals surface area contributed by atoms with Crippen molar-refractivity contribution in [3.05, 3.63) is 53.1 Å². The van der Waals surface area contributed by atoms with Crippen LogP contribution in [0.4, 0.5) is 5.69 Å². The van der Waals surface area contributed by atoms with Gasteiger partial charge in [-0.15, -0.1) is 0 Å². The van der Waals surface area contributed by atoms with Crippen LogP contribution in [0.15, 0.2) is 47.6 Å². The van der Waals surface area contributed by atoms with E-state index in [2.05, 4.69) is 10.5 Å². The maximum atomic E-state index is 12.2. The third-order valence-electron chi connectivity index (χ3n) is 3.34. The number of amides is 1. The number of oxime groups is 1. The molecule has 0 aliphatic rings. The third kappa shape index (κ3) is 5.12. The Balaban J connectivity index is 1.99. The Kier molecular flexibility index (Phi) is 6.65. The Morgan fingerprint density at radius 3 is 2.60 bits per heavy atom. The highest BCUT2D eigenvalue weighted by molar-refractivity contribution is 6.31. The molecule has 0 aliphatic heterocycles. The molecule has 0 saturated carbocycles. The number of hydrogen-bond donors (Lipinski definition) is 1. The first kappa shape index (κ1) is 18.6. The van der Waals surface area contributed by atoms with Gasteiger partial charge in [0.05, 0.1) is 26.1 Å². The highest BCUT2D eigenvalue weighted by Gasteiger charge is 2.16. The number of para-hydroxylation sites is 1. The lowest BCUT2D eigenvalue weighted by molar-refractivity contribution is -0.126. The van der Waals surface area contributed by atoms with Crippen LogP contribution in [-0.2, 0) is 9.63 Å². The number of hydrogen-bond acceptors (Lipinski definition) is 5. The lowest BCUT2D eigenvalue weighted by Gasteiger charge is -2.13. The van der Waals surface area contributed by atoms with Crippen molar-refractivity contribution in [2.24, 2.45) is 5.16 Å². The average molecular weight is 363 g/mol. The summed E-state index contributed by atoms with van der Waals surface area (Å²) in [6, 6.07) is 12.3. The minimum atomic E-state index is -0.811. The number of carbonyl (C=O) groups is 1. The molecular weight excluding hydrogens is 344 g/mol. The largest absolute Gasteiger partial charge is 0.496 e. The third-order valence-corrected chi connectivity index (χ3v) is 3.57. The number of halogens is 1. The normalized spacial score (nSPS) is 11.8. The van der Waals surface area contributed by atoms with Crippen LogP contribution < -0.4 is 14.8 Å². The molecule has 2 aromatic carbocycles. The number of nitrogens with one attached hydrogen (secondary N) is 1. The van der Waals surface area contributed by atoms with Crippen LogP contribution in [0.25, 0.3) is 0 Å². The minimum Gasteiger partial charge on any atom is -0.496 e. The summed E-state index contributed by atoms with van der Waals surface area (Å²) < 4.78 is 10.4. The summed E-state index contributed by atoms with van der Waals surface area (Å²) in [6.07, 6.45) is 0.678.